The summed E-state index contributed by atoms with van der Waals surface area (Å²) in [6.07, 6.45) is 1.66. The number of aromatic amines is 1. The molecule has 1 unspecified atom stereocenters. The van der Waals surface area contributed by atoms with Crippen molar-refractivity contribution in [1.82, 2.24) is 25.0 Å². The van der Waals surface area contributed by atoms with Gasteiger partial charge in [0.2, 0.25) is 5.88 Å². The number of nitrogens with one attached hydrogen (secondary N) is 1. The number of hydrogen-bond acceptors (Lipinski definition) is 8. The summed E-state index contributed by atoms with van der Waals surface area (Å²) in [6.45, 7) is 1.79. The van der Waals surface area contributed by atoms with E-state index in [9.17, 15) is 4.21 Å². The van der Waals surface area contributed by atoms with Crippen LogP contribution >= 0.6 is 0 Å². The quantitative estimate of drug-likeness (QED) is 0.647. The number of hydrogen-bond donors (Lipinski definition) is 1. The van der Waals surface area contributed by atoms with Crippen molar-refractivity contribution in [2.45, 2.75) is 17.5 Å². The Bertz CT molecular complexity index is 993. The lowest BCUT2D eigenvalue weighted by Gasteiger charge is -2.12. The summed E-state index contributed by atoms with van der Waals surface area (Å²) >= 11 is 0. The van der Waals surface area contributed by atoms with E-state index in [1.165, 1.54) is 0 Å². The number of aromatic nitrogens is 4. The molecule has 1 atom stereocenters. The molecule has 0 spiro atoms. The first-order valence-electron chi connectivity index (χ1n) is 8.35. The van der Waals surface area contributed by atoms with Gasteiger partial charge in [-0.05, 0) is 6.07 Å². The largest absolute Gasteiger partial charge is 0.481 e. The summed E-state index contributed by atoms with van der Waals surface area (Å²) < 4.78 is 23.0. The third-order valence-electron chi connectivity index (χ3n) is 4.20. The van der Waals surface area contributed by atoms with Crippen LogP contribution in [-0.2, 0) is 27.8 Å². The van der Waals surface area contributed by atoms with Crippen molar-refractivity contribution in [1.29, 1.82) is 0 Å². The van der Waals surface area contributed by atoms with Gasteiger partial charge in [-0.2, -0.15) is 4.98 Å². The Hall–Kier alpha value is -2.56. The van der Waals surface area contributed by atoms with E-state index in [4.69, 9.17) is 14.3 Å². The van der Waals surface area contributed by atoms with E-state index in [1.807, 2.05) is 6.07 Å². The molecule has 1 N–H and O–H groups in total. The summed E-state index contributed by atoms with van der Waals surface area (Å²) in [5.41, 5.74) is 2.85. The van der Waals surface area contributed by atoms with Gasteiger partial charge in [0, 0.05) is 31.0 Å². The van der Waals surface area contributed by atoms with Crippen LogP contribution in [0, 0.1) is 0 Å². The molecule has 0 radical (unpaired) electrons. The number of hydroxylamine groups is 2. The van der Waals surface area contributed by atoms with E-state index >= 15 is 0 Å². The molecule has 1 aliphatic rings. The van der Waals surface area contributed by atoms with Gasteiger partial charge in [-0.15, -0.1) is 5.06 Å². The summed E-state index contributed by atoms with van der Waals surface area (Å²) in [4.78, 5) is 21.8. The fourth-order valence-corrected chi connectivity index (χ4v) is 3.87. The first-order chi connectivity index (χ1) is 13.2. The van der Waals surface area contributed by atoms with E-state index in [0.29, 0.717) is 41.9 Å². The molecule has 0 aromatic carbocycles. The standard InChI is InChI=1S/C17H19N5O4S/c1-24-8-7-22-9-11-13(18-6-5-14(11)26-22)10-27(23)17-19-12-3-4-15(25-2)20-16(12)21-17/h3-6H,7-10H2,1-2H3,(H,19,20,21). The van der Waals surface area contributed by atoms with E-state index in [0.717, 1.165) is 17.0 Å². The minimum Gasteiger partial charge on any atom is -0.481 e. The van der Waals surface area contributed by atoms with Crippen LogP contribution in [-0.4, -0.2) is 56.6 Å². The first kappa shape index (κ1) is 17.8. The van der Waals surface area contributed by atoms with Gasteiger partial charge in [0.05, 0.1) is 54.6 Å². The summed E-state index contributed by atoms with van der Waals surface area (Å²) in [6, 6.07) is 5.34. The van der Waals surface area contributed by atoms with Crippen molar-refractivity contribution in [2.75, 3.05) is 27.4 Å². The smallest absolute Gasteiger partial charge is 0.215 e. The molecule has 0 amide bonds. The molecule has 3 aromatic rings. The predicted molar refractivity (Wildman–Crippen MR) is 97.7 cm³/mol. The average Bonchev–Trinajstić information content (AvgIpc) is 3.30. The Morgan fingerprint density at radius 2 is 2.19 bits per heavy atom. The van der Waals surface area contributed by atoms with Crippen molar-refractivity contribution in [3.8, 4) is 11.6 Å². The van der Waals surface area contributed by atoms with Crippen LogP contribution < -0.4 is 9.57 Å². The molecule has 27 heavy (non-hydrogen) atoms. The molecule has 4 rings (SSSR count). The molecule has 0 bridgehead atoms. The molecule has 0 fully saturated rings. The number of pyridine rings is 2. The zero-order valence-electron chi connectivity index (χ0n) is 15.0. The second-order valence-corrected chi connectivity index (χ2v) is 7.30. The van der Waals surface area contributed by atoms with Crippen LogP contribution in [0.2, 0.25) is 0 Å². The number of rotatable bonds is 7. The Morgan fingerprint density at radius 3 is 3.00 bits per heavy atom. The van der Waals surface area contributed by atoms with Crippen molar-refractivity contribution >= 4 is 22.0 Å². The van der Waals surface area contributed by atoms with E-state index < -0.39 is 10.8 Å². The van der Waals surface area contributed by atoms with Crippen LogP contribution in [0.5, 0.6) is 11.6 Å². The van der Waals surface area contributed by atoms with Gasteiger partial charge in [0.25, 0.3) is 0 Å². The maximum Gasteiger partial charge on any atom is 0.215 e. The fourth-order valence-electron chi connectivity index (χ4n) is 2.83. The molecule has 0 saturated heterocycles. The highest BCUT2D eigenvalue weighted by Gasteiger charge is 2.25. The van der Waals surface area contributed by atoms with Gasteiger partial charge < -0.3 is 19.3 Å². The molecule has 4 heterocycles. The van der Waals surface area contributed by atoms with Crippen molar-refractivity contribution in [3.05, 3.63) is 35.7 Å². The lowest BCUT2D eigenvalue weighted by molar-refractivity contribution is -0.0568. The van der Waals surface area contributed by atoms with Gasteiger partial charge in [-0.1, -0.05) is 0 Å². The van der Waals surface area contributed by atoms with Crippen LogP contribution in [0.4, 0.5) is 0 Å². The molecule has 10 heteroatoms. The second kappa shape index (κ2) is 7.59. The Balaban J connectivity index is 1.54. The predicted octanol–water partition coefficient (Wildman–Crippen LogP) is 1.43. The lowest BCUT2D eigenvalue weighted by atomic mass is 10.2. The number of H-pyrrole nitrogens is 1. The van der Waals surface area contributed by atoms with Crippen molar-refractivity contribution in [3.63, 3.8) is 0 Å². The highest BCUT2D eigenvalue weighted by molar-refractivity contribution is 7.84. The molecule has 3 aromatic heterocycles. The van der Waals surface area contributed by atoms with Crippen molar-refractivity contribution < 1.29 is 18.5 Å². The molecule has 142 valence electrons. The summed E-state index contributed by atoms with van der Waals surface area (Å²) in [7, 11) is 1.80. The van der Waals surface area contributed by atoms with E-state index in [1.54, 1.807) is 37.6 Å². The summed E-state index contributed by atoms with van der Waals surface area (Å²) in [5.74, 6) is 1.44. The number of imidazole rings is 1. The van der Waals surface area contributed by atoms with Crippen LogP contribution in [0.3, 0.4) is 0 Å². The maximum absolute atomic E-state index is 12.8. The van der Waals surface area contributed by atoms with Crippen LogP contribution in [0.25, 0.3) is 11.2 Å². The molecular formula is C17H19N5O4S. The lowest BCUT2D eigenvalue weighted by Crippen LogP contribution is -2.25. The SMILES string of the molecule is COCCN1Cc2c(ccnc2CS(=O)c2nc3nc(OC)ccc3[nH]2)O1. The van der Waals surface area contributed by atoms with Gasteiger partial charge in [0.1, 0.15) is 0 Å². The Morgan fingerprint density at radius 1 is 1.30 bits per heavy atom. The van der Waals surface area contributed by atoms with Crippen LogP contribution in [0.15, 0.2) is 29.6 Å². The van der Waals surface area contributed by atoms with E-state index in [2.05, 4.69) is 19.9 Å². The normalized spacial score (nSPS) is 14.9. The van der Waals surface area contributed by atoms with Crippen molar-refractivity contribution in [2.24, 2.45) is 0 Å². The van der Waals surface area contributed by atoms with Gasteiger partial charge in [-0.25, -0.2) is 4.98 Å². The number of fused-ring (bicyclic) bond motifs is 2. The third kappa shape index (κ3) is 3.64. The maximum atomic E-state index is 12.8. The molecule has 1 aliphatic heterocycles. The minimum absolute atomic E-state index is 0.238. The monoisotopic (exact) mass is 389 g/mol. The highest BCUT2D eigenvalue weighted by Crippen LogP contribution is 2.30. The zero-order chi connectivity index (χ0) is 18.8. The Labute approximate surface area is 158 Å². The number of methoxy groups -OCH3 is 2. The number of ether oxygens (including phenoxy) is 2. The average molecular weight is 389 g/mol. The van der Waals surface area contributed by atoms with Gasteiger partial charge in [0.15, 0.2) is 16.6 Å². The topological polar surface area (TPSA) is 102 Å². The fraction of sp³-hybridized carbons (Fsp3) is 0.353. The van der Waals surface area contributed by atoms with Gasteiger partial charge in [-0.3, -0.25) is 9.19 Å². The third-order valence-corrected chi connectivity index (χ3v) is 5.36. The highest BCUT2D eigenvalue weighted by atomic mass is 32.2. The van der Waals surface area contributed by atoms with Gasteiger partial charge >= 0.3 is 0 Å². The summed E-state index contributed by atoms with van der Waals surface area (Å²) in [5, 5.41) is 2.17. The first-order valence-corrected chi connectivity index (χ1v) is 9.67. The molecule has 0 saturated carbocycles. The van der Waals surface area contributed by atoms with E-state index in [-0.39, 0.29) is 5.75 Å². The minimum atomic E-state index is -1.39. The van der Waals surface area contributed by atoms with Crippen LogP contribution in [0.1, 0.15) is 11.3 Å². The number of nitrogens with zero attached hydrogens (tertiary/aromatic N) is 4. The molecule has 0 aliphatic carbocycles. The second-order valence-electron chi connectivity index (χ2n) is 5.94. The zero-order valence-corrected chi connectivity index (χ0v) is 15.8. The molecule has 9 nitrogen and oxygen atoms in total. The molecular weight excluding hydrogens is 370 g/mol. The Kier molecular flexibility index (Phi) is 5.01.